The minimum atomic E-state index is -1.08. The SMILES string of the molecule is C[C@@H]1CN(C(=O)N[C@H](C(=O)O)c2ccccc2)C[C@H](C)O1. The van der Waals surface area contributed by atoms with E-state index in [4.69, 9.17) is 4.74 Å². The normalized spacial score (nSPS) is 23.4. The van der Waals surface area contributed by atoms with Gasteiger partial charge in [0.25, 0.3) is 0 Å². The first-order valence-corrected chi connectivity index (χ1v) is 6.96. The number of morpholine rings is 1. The van der Waals surface area contributed by atoms with Gasteiger partial charge in [-0.2, -0.15) is 0 Å². The lowest BCUT2D eigenvalue weighted by Gasteiger charge is -2.35. The predicted molar refractivity (Wildman–Crippen MR) is 76.9 cm³/mol. The average Bonchev–Trinajstić information content (AvgIpc) is 2.44. The van der Waals surface area contributed by atoms with Gasteiger partial charge in [-0.1, -0.05) is 30.3 Å². The highest BCUT2D eigenvalue weighted by molar-refractivity contribution is 5.83. The second kappa shape index (κ2) is 6.58. The molecular formula is C15H20N2O4. The molecule has 1 aliphatic rings. The molecule has 0 bridgehead atoms. The third-order valence-electron chi connectivity index (χ3n) is 3.35. The largest absolute Gasteiger partial charge is 0.479 e. The van der Waals surface area contributed by atoms with Crippen molar-refractivity contribution in [3.05, 3.63) is 35.9 Å². The van der Waals surface area contributed by atoms with Crippen molar-refractivity contribution < 1.29 is 19.4 Å². The molecule has 0 spiro atoms. The highest BCUT2D eigenvalue weighted by Gasteiger charge is 2.29. The van der Waals surface area contributed by atoms with Crippen LogP contribution < -0.4 is 5.32 Å². The number of carbonyl (C=O) groups is 2. The number of benzene rings is 1. The number of amides is 2. The van der Waals surface area contributed by atoms with Crippen molar-refractivity contribution in [2.24, 2.45) is 0 Å². The standard InChI is InChI=1S/C15H20N2O4/c1-10-8-17(9-11(2)21-10)15(20)16-13(14(18)19)12-6-4-3-5-7-12/h3-7,10-11,13H,8-9H2,1-2H3,(H,16,20)(H,18,19)/t10-,11+,13-/m0/s1. The van der Waals surface area contributed by atoms with Crippen LogP contribution in [0.5, 0.6) is 0 Å². The smallest absolute Gasteiger partial charge is 0.330 e. The first-order valence-electron chi connectivity index (χ1n) is 6.96. The van der Waals surface area contributed by atoms with E-state index < -0.39 is 12.0 Å². The number of rotatable bonds is 3. The molecule has 1 aliphatic heterocycles. The molecule has 3 atom stereocenters. The summed E-state index contributed by atoms with van der Waals surface area (Å²) in [5.74, 6) is -1.08. The number of carboxylic acids is 1. The molecule has 2 rings (SSSR count). The van der Waals surface area contributed by atoms with Crippen molar-refractivity contribution >= 4 is 12.0 Å². The maximum atomic E-state index is 12.3. The molecule has 6 nitrogen and oxygen atoms in total. The highest BCUT2D eigenvalue weighted by Crippen LogP contribution is 2.15. The molecule has 1 aromatic carbocycles. The summed E-state index contributed by atoms with van der Waals surface area (Å²) in [7, 11) is 0. The lowest BCUT2D eigenvalue weighted by molar-refractivity contribution is -0.139. The Balaban J connectivity index is 2.07. The molecule has 2 N–H and O–H groups in total. The number of ether oxygens (including phenoxy) is 1. The molecular weight excluding hydrogens is 272 g/mol. The molecule has 1 saturated heterocycles. The van der Waals surface area contributed by atoms with E-state index in [1.807, 2.05) is 13.8 Å². The number of hydrogen-bond acceptors (Lipinski definition) is 3. The minimum absolute atomic E-state index is 0.0560. The van der Waals surface area contributed by atoms with Gasteiger partial charge in [-0.25, -0.2) is 9.59 Å². The van der Waals surface area contributed by atoms with Crippen molar-refractivity contribution in [3.8, 4) is 0 Å². The van der Waals surface area contributed by atoms with E-state index in [9.17, 15) is 14.7 Å². The Morgan fingerprint density at radius 2 is 1.81 bits per heavy atom. The van der Waals surface area contributed by atoms with Gasteiger partial charge in [0.1, 0.15) is 0 Å². The van der Waals surface area contributed by atoms with Crippen LogP contribution in [0.1, 0.15) is 25.5 Å². The van der Waals surface area contributed by atoms with Gasteiger partial charge in [0, 0.05) is 13.1 Å². The fraction of sp³-hybridized carbons (Fsp3) is 0.467. The molecule has 0 radical (unpaired) electrons. The molecule has 114 valence electrons. The lowest BCUT2D eigenvalue weighted by Crippen LogP contribution is -2.52. The maximum Gasteiger partial charge on any atom is 0.330 e. The number of urea groups is 1. The van der Waals surface area contributed by atoms with Gasteiger partial charge in [-0.05, 0) is 19.4 Å². The van der Waals surface area contributed by atoms with Crippen molar-refractivity contribution in [3.63, 3.8) is 0 Å². The van der Waals surface area contributed by atoms with Gasteiger partial charge in [-0.15, -0.1) is 0 Å². The molecule has 1 aromatic rings. The molecule has 0 aliphatic carbocycles. The number of hydrogen-bond donors (Lipinski definition) is 2. The van der Waals surface area contributed by atoms with Crippen molar-refractivity contribution in [1.29, 1.82) is 0 Å². The molecule has 2 amide bonds. The molecule has 1 fully saturated rings. The summed E-state index contributed by atoms with van der Waals surface area (Å²) in [5.41, 5.74) is 0.549. The van der Waals surface area contributed by atoms with Crippen LogP contribution in [-0.4, -0.2) is 47.3 Å². The third-order valence-corrected chi connectivity index (χ3v) is 3.35. The summed E-state index contributed by atoms with van der Waals surface area (Å²) in [4.78, 5) is 25.3. The van der Waals surface area contributed by atoms with Gasteiger partial charge in [0.15, 0.2) is 6.04 Å². The topological polar surface area (TPSA) is 78.9 Å². The first kappa shape index (κ1) is 15.3. The average molecular weight is 292 g/mol. The van der Waals surface area contributed by atoms with E-state index in [2.05, 4.69) is 5.32 Å². The summed E-state index contributed by atoms with van der Waals surface area (Å²) in [6, 6.07) is 7.23. The van der Waals surface area contributed by atoms with E-state index >= 15 is 0 Å². The van der Waals surface area contributed by atoms with Gasteiger partial charge in [0.05, 0.1) is 12.2 Å². The summed E-state index contributed by atoms with van der Waals surface area (Å²) in [5, 5.41) is 11.9. The molecule has 6 heteroatoms. The van der Waals surface area contributed by atoms with Crippen LogP contribution in [0, 0.1) is 0 Å². The highest BCUT2D eigenvalue weighted by atomic mass is 16.5. The van der Waals surface area contributed by atoms with Crippen molar-refractivity contribution in [1.82, 2.24) is 10.2 Å². The van der Waals surface area contributed by atoms with Gasteiger partial charge in [0.2, 0.25) is 0 Å². The van der Waals surface area contributed by atoms with Crippen LogP contribution in [0.2, 0.25) is 0 Å². The van der Waals surface area contributed by atoms with Crippen LogP contribution in [0.25, 0.3) is 0 Å². The zero-order chi connectivity index (χ0) is 15.4. The van der Waals surface area contributed by atoms with Crippen molar-refractivity contribution in [2.75, 3.05) is 13.1 Å². The number of nitrogens with one attached hydrogen (secondary N) is 1. The summed E-state index contributed by atoms with van der Waals surface area (Å²) in [6.07, 6.45) is -0.112. The van der Waals surface area contributed by atoms with Crippen LogP contribution in [0.3, 0.4) is 0 Å². The van der Waals surface area contributed by atoms with Crippen LogP contribution in [0.4, 0.5) is 4.79 Å². The second-order valence-electron chi connectivity index (χ2n) is 5.29. The Kier molecular flexibility index (Phi) is 4.80. The number of aliphatic carboxylic acids is 1. The zero-order valence-corrected chi connectivity index (χ0v) is 12.2. The molecule has 0 saturated carbocycles. The molecule has 0 aromatic heterocycles. The summed E-state index contributed by atoms with van der Waals surface area (Å²) >= 11 is 0. The maximum absolute atomic E-state index is 12.3. The predicted octanol–water partition coefficient (Wildman–Crippen LogP) is 1.63. The molecule has 0 unspecified atom stereocenters. The Hall–Kier alpha value is -2.08. The van der Waals surface area contributed by atoms with Crippen LogP contribution >= 0.6 is 0 Å². The lowest BCUT2D eigenvalue weighted by atomic mass is 10.1. The third kappa shape index (κ3) is 3.95. The summed E-state index contributed by atoms with van der Waals surface area (Å²) < 4.78 is 5.57. The number of carboxylic acid groups (broad SMARTS) is 1. The van der Waals surface area contributed by atoms with Crippen molar-refractivity contribution in [2.45, 2.75) is 32.1 Å². The van der Waals surface area contributed by atoms with E-state index in [1.165, 1.54) is 0 Å². The second-order valence-corrected chi connectivity index (χ2v) is 5.29. The quantitative estimate of drug-likeness (QED) is 0.887. The van der Waals surface area contributed by atoms with E-state index in [0.717, 1.165) is 0 Å². The van der Waals surface area contributed by atoms with E-state index in [-0.39, 0.29) is 18.2 Å². The van der Waals surface area contributed by atoms with Gasteiger partial charge < -0.3 is 20.1 Å². The van der Waals surface area contributed by atoms with Gasteiger partial charge in [-0.3, -0.25) is 0 Å². The van der Waals surface area contributed by atoms with E-state index in [0.29, 0.717) is 18.7 Å². The van der Waals surface area contributed by atoms with Gasteiger partial charge >= 0.3 is 12.0 Å². The van der Waals surface area contributed by atoms with E-state index in [1.54, 1.807) is 35.2 Å². The Labute approximate surface area is 123 Å². The number of carbonyl (C=O) groups excluding carboxylic acids is 1. The fourth-order valence-electron chi connectivity index (χ4n) is 2.49. The Morgan fingerprint density at radius 1 is 1.24 bits per heavy atom. The monoisotopic (exact) mass is 292 g/mol. The first-order chi connectivity index (χ1) is 9.97. The Morgan fingerprint density at radius 3 is 2.33 bits per heavy atom. The van der Waals surface area contributed by atoms with Crippen LogP contribution in [-0.2, 0) is 9.53 Å². The molecule has 1 heterocycles. The fourth-order valence-corrected chi connectivity index (χ4v) is 2.49. The minimum Gasteiger partial charge on any atom is -0.479 e. The number of nitrogens with zero attached hydrogens (tertiary/aromatic N) is 1. The summed E-state index contributed by atoms with van der Waals surface area (Å²) in [6.45, 7) is 4.69. The van der Waals surface area contributed by atoms with Crippen LogP contribution in [0.15, 0.2) is 30.3 Å². The Bertz CT molecular complexity index is 496. The molecule has 21 heavy (non-hydrogen) atoms. The zero-order valence-electron chi connectivity index (χ0n) is 12.2.